The van der Waals surface area contributed by atoms with Crippen LogP contribution in [0.15, 0.2) is 76.6 Å². The molecule has 2 aromatic heterocycles. The summed E-state index contributed by atoms with van der Waals surface area (Å²) in [5, 5.41) is 1.77. The standard InChI is InChI=1S/C24H18F2N4O2/c1-2-29-23(31)21-22(27-14-28(21)13-16-10-11-17(25)12-19(16)26)30(24(29)32)20-9-5-7-15-6-3-4-8-18(15)20/h3-12,14H,2,13H2,1H3. The number of hydrogen-bond donors (Lipinski definition) is 0. The summed E-state index contributed by atoms with van der Waals surface area (Å²) in [7, 11) is 0. The third-order valence-corrected chi connectivity index (χ3v) is 5.58. The fourth-order valence-corrected chi connectivity index (χ4v) is 4.03. The van der Waals surface area contributed by atoms with Gasteiger partial charge in [0, 0.05) is 23.6 Å². The predicted octanol–water partition coefficient (Wildman–Crippen LogP) is 3.85. The normalized spacial score (nSPS) is 11.5. The van der Waals surface area contributed by atoms with Crippen LogP contribution in [0.25, 0.3) is 27.6 Å². The highest BCUT2D eigenvalue weighted by molar-refractivity contribution is 5.91. The first-order chi connectivity index (χ1) is 15.5. The maximum atomic E-state index is 14.3. The number of fused-ring (bicyclic) bond motifs is 2. The van der Waals surface area contributed by atoms with Crippen LogP contribution in [0.1, 0.15) is 12.5 Å². The number of aromatic nitrogens is 4. The number of rotatable bonds is 4. The van der Waals surface area contributed by atoms with Crippen molar-refractivity contribution in [2.45, 2.75) is 20.0 Å². The first-order valence-electron chi connectivity index (χ1n) is 10.1. The van der Waals surface area contributed by atoms with Gasteiger partial charge in [0.2, 0.25) is 0 Å². The molecule has 6 nitrogen and oxygen atoms in total. The molecule has 0 radical (unpaired) electrons. The molecule has 5 aromatic rings. The van der Waals surface area contributed by atoms with Crippen LogP contribution in [0, 0.1) is 11.6 Å². The van der Waals surface area contributed by atoms with Crippen molar-refractivity contribution in [1.82, 2.24) is 18.7 Å². The molecule has 0 saturated heterocycles. The zero-order chi connectivity index (χ0) is 22.4. The molecule has 0 aliphatic rings. The first kappa shape index (κ1) is 19.9. The highest BCUT2D eigenvalue weighted by atomic mass is 19.1. The van der Waals surface area contributed by atoms with Gasteiger partial charge < -0.3 is 4.57 Å². The minimum atomic E-state index is -0.718. The largest absolute Gasteiger partial charge is 0.337 e. The summed E-state index contributed by atoms with van der Waals surface area (Å²) in [6.07, 6.45) is 1.40. The highest BCUT2D eigenvalue weighted by Crippen LogP contribution is 2.23. The van der Waals surface area contributed by atoms with Crippen molar-refractivity contribution in [3.05, 3.63) is 105 Å². The van der Waals surface area contributed by atoms with E-state index in [1.54, 1.807) is 13.0 Å². The van der Waals surface area contributed by atoms with E-state index in [1.165, 1.54) is 21.5 Å². The van der Waals surface area contributed by atoms with Crippen molar-refractivity contribution in [3.8, 4) is 5.69 Å². The SMILES string of the molecule is CCn1c(=O)c2c(ncn2Cc2ccc(F)cc2F)n(-c2cccc3ccccc23)c1=O. The topological polar surface area (TPSA) is 61.8 Å². The van der Waals surface area contributed by atoms with Gasteiger partial charge in [0.05, 0.1) is 18.6 Å². The summed E-state index contributed by atoms with van der Waals surface area (Å²) in [6.45, 7) is 1.84. The third-order valence-electron chi connectivity index (χ3n) is 5.58. The predicted molar refractivity (Wildman–Crippen MR) is 118 cm³/mol. The first-order valence-corrected chi connectivity index (χ1v) is 10.1. The van der Waals surface area contributed by atoms with Gasteiger partial charge in [-0.25, -0.2) is 23.1 Å². The van der Waals surface area contributed by atoms with E-state index in [-0.39, 0.29) is 29.8 Å². The maximum Gasteiger partial charge on any atom is 0.337 e. The van der Waals surface area contributed by atoms with Gasteiger partial charge in [-0.3, -0.25) is 9.36 Å². The third kappa shape index (κ3) is 3.03. The van der Waals surface area contributed by atoms with Crippen molar-refractivity contribution in [2.24, 2.45) is 0 Å². The Bertz CT molecular complexity index is 1610. The molecule has 0 saturated carbocycles. The van der Waals surface area contributed by atoms with E-state index in [0.717, 1.165) is 27.5 Å². The average Bonchev–Trinajstić information content (AvgIpc) is 3.20. The van der Waals surface area contributed by atoms with E-state index >= 15 is 0 Å². The molecule has 0 spiro atoms. The maximum absolute atomic E-state index is 14.3. The van der Waals surface area contributed by atoms with Gasteiger partial charge in [0.1, 0.15) is 11.6 Å². The van der Waals surface area contributed by atoms with E-state index < -0.39 is 22.9 Å². The van der Waals surface area contributed by atoms with E-state index in [0.29, 0.717) is 5.69 Å². The molecule has 8 heteroatoms. The Balaban J connectivity index is 1.82. The molecule has 0 aliphatic heterocycles. The van der Waals surface area contributed by atoms with Crippen LogP contribution < -0.4 is 11.2 Å². The average molecular weight is 432 g/mol. The van der Waals surface area contributed by atoms with Crippen LogP contribution in [-0.2, 0) is 13.1 Å². The lowest BCUT2D eigenvalue weighted by Crippen LogP contribution is -2.39. The molecule has 0 amide bonds. The summed E-state index contributed by atoms with van der Waals surface area (Å²) >= 11 is 0. The minimum absolute atomic E-state index is 0.0324. The second-order valence-electron chi connectivity index (χ2n) is 7.45. The lowest BCUT2D eigenvalue weighted by molar-refractivity contribution is 0.567. The Morgan fingerprint density at radius 3 is 2.53 bits per heavy atom. The molecule has 0 N–H and O–H groups in total. The van der Waals surface area contributed by atoms with Gasteiger partial charge in [-0.1, -0.05) is 42.5 Å². The molecule has 0 unspecified atom stereocenters. The fourth-order valence-electron chi connectivity index (χ4n) is 4.03. The molecule has 0 atom stereocenters. The van der Waals surface area contributed by atoms with Gasteiger partial charge in [-0.05, 0) is 24.4 Å². The van der Waals surface area contributed by atoms with E-state index in [4.69, 9.17) is 0 Å². The van der Waals surface area contributed by atoms with Crippen molar-refractivity contribution in [2.75, 3.05) is 0 Å². The number of halogens is 2. The summed E-state index contributed by atoms with van der Waals surface area (Å²) in [6, 6.07) is 16.5. The minimum Gasteiger partial charge on any atom is -0.320 e. The van der Waals surface area contributed by atoms with Gasteiger partial charge >= 0.3 is 5.69 Å². The fraction of sp³-hybridized carbons (Fsp3) is 0.125. The zero-order valence-corrected chi connectivity index (χ0v) is 17.1. The number of imidazole rings is 1. The lowest BCUT2D eigenvalue weighted by Gasteiger charge is -2.13. The van der Waals surface area contributed by atoms with Crippen molar-refractivity contribution >= 4 is 21.9 Å². The quantitative estimate of drug-likeness (QED) is 0.434. The molecule has 0 bridgehead atoms. The Morgan fingerprint density at radius 2 is 1.75 bits per heavy atom. The molecule has 2 heterocycles. The van der Waals surface area contributed by atoms with E-state index in [1.807, 2.05) is 36.4 Å². The summed E-state index contributed by atoms with van der Waals surface area (Å²) in [4.78, 5) is 30.8. The smallest absolute Gasteiger partial charge is 0.320 e. The Morgan fingerprint density at radius 1 is 0.969 bits per heavy atom. The van der Waals surface area contributed by atoms with Gasteiger partial charge in [0.15, 0.2) is 11.2 Å². The van der Waals surface area contributed by atoms with E-state index in [9.17, 15) is 18.4 Å². The zero-order valence-electron chi connectivity index (χ0n) is 17.1. The molecule has 0 aliphatic carbocycles. The van der Waals surface area contributed by atoms with E-state index in [2.05, 4.69) is 4.98 Å². The molecular weight excluding hydrogens is 414 g/mol. The summed E-state index contributed by atoms with van der Waals surface area (Å²) in [5.41, 5.74) is 0.143. The van der Waals surface area contributed by atoms with Crippen LogP contribution in [0.4, 0.5) is 8.78 Å². The molecule has 5 rings (SSSR count). The molecule has 32 heavy (non-hydrogen) atoms. The van der Waals surface area contributed by atoms with Crippen LogP contribution >= 0.6 is 0 Å². The molecule has 160 valence electrons. The summed E-state index contributed by atoms with van der Waals surface area (Å²) < 4.78 is 31.6. The van der Waals surface area contributed by atoms with Gasteiger partial charge in [-0.2, -0.15) is 0 Å². The van der Waals surface area contributed by atoms with Crippen LogP contribution in [-0.4, -0.2) is 18.7 Å². The van der Waals surface area contributed by atoms with Crippen molar-refractivity contribution in [3.63, 3.8) is 0 Å². The number of hydrogen-bond acceptors (Lipinski definition) is 3. The lowest BCUT2D eigenvalue weighted by atomic mass is 10.1. The van der Waals surface area contributed by atoms with Gasteiger partial charge in [-0.15, -0.1) is 0 Å². The summed E-state index contributed by atoms with van der Waals surface area (Å²) in [5.74, 6) is -1.40. The second-order valence-corrected chi connectivity index (χ2v) is 7.45. The second kappa shape index (κ2) is 7.56. The Hall–Kier alpha value is -4.07. The van der Waals surface area contributed by atoms with Crippen LogP contribution in [0.5, 0.6) is 0 Å². The van der Waals surface area contributed by atoms with Crippen LogP contribution in [0.3, 0.4) is 0 Å². The molecule has 3 aromatic carbocycles. The Kier molecular flexibility index (Phi) is 4.70. The van der Waals surface area contributed by atoms with Crippen LogP contribution in [0.2, 0.25) is 0 Å². The Labute approximate surface area is 180 Å². The molecular formula is C24H18F2N4O2. The number of nitrogens with zero attached hydrogens (tertiary/aromatic N) is 4. The number of benzene rings is 3. The highest BCUT2D eigenvalue weighted by Gasteiger charge is 2.20. The molecule has 0 fully saturated rings. The van der Waals surface area contributed by atoms with Crippen molar-refractivity contribution in [1.29, 1.82) is 0 Å². The van der Waals surface area contributed by atoms with Crippen molar-refractivity contribution < 1.29 is 8.78 Å². The monoisotopic (exact) mass is 432 g/mol. The van der Waals surface area contributed by atoms with Gasteiger partial charge in [0.25, 0.3) is 5.56 Å².